The Hall–Kier alpha value is -1.35. The third-order valence-corrected chi connectivity index (χ3v) is 3.34. The number of hydrogen-bond donors (Lipinski definition) is 0. The Bertz CT molecular complexity index is 612. The van der Waals surface area contributed by atoms with Crippen molar-refractivity contribution in [2.45, 2.75) is 23.3 Å². The van der Waals surface area contributed by atoms with Crippen molar-refractivity contribution < 1.29 is 13.2 Å². The van der Waals surface area contributed by atoms with Crippen molar-refractivity contribution in [1.29, 1.82) is 0 Å². The lowest BCUT2D eigenvalue weighted by atomic mass is 10.4. The van der Waals surface area contributed by atoms with E-state index in [1.165, 1.54) is 0 Å². The molecular formula is C9H7ClF3N5S. The maximum Gasteiger partial charge on any atom is 0.433 e. The van der Waals surface area contributed by atoms with Gasteiger partial charge in [-0.05, 0) is 30.3 Å². The highest BCUT2D eigenvalue weighted by atomic mass is 35.5. The lowest BCUT2D eigenvalue weighted by Gasteiger charge is -2.07. The summed E-state index contributed by atoms with van der Waals surface area (Å²) in [5.74, 6) is 0.638. The zero-order valence-electron chi connectivity index (χ0n) is 9.73. The van der Waals surface area contributed by atoms with Gasteiger partial charge in [-0.15, -0.1) is 10.2 Å². The van der Waals surface area contributed by atoms with Crippen molar-refractivity contribution in [3.8, 4) is 0 Å². The molecule has 0 amide bonds. The van der Waals surface area contributed by atoms with E-state index in [9.17, 15) is 13.2 Å². The molecule has 2 aromatic heterocycles. The highest BCUT2D eigenvalue weighted by molar-refractivity contribution is 7.99. The summed E-state index contributed by atoms with van der Waals surface area (Å²) in [4.78, 5) is 6.88. The summed E-state index contributed by atoms with van der Waals surface area (Å²) in [5.41, 5.74) is -1.09. The quantitative estimate of drug-likeness (QED) is 0.630. The van der Waals surface area contributed by atoms with Gasteiger partial charge < -0.3 is 4.57 Å². The molecule has 5 nitrogen and oxygen atoms in total. The predicted molar refractivity (Wildman–Crippen MR) is 61.9 cm³/mol. The van der Waals surface area contributed by atoms with Gasteiger partial charge in [0.2, 0.25) is 5.28 Å². The third kappa shape index (κ3) is 3.16. The van der Waals surface area contributed by atoms with Crippen LogP contribution in [0, 0.1) is 6.92 Å². The molecule has 2 rings (SSSR count). The van der Waals surface area contributed by atoms with Crippen molar-refractivity contribution in [1.82, 2.24) is 24.7 Å². The monoisotopic (exact) mass is 309 g/mol. The summed E-state index contributed by atoms with van der Waals surface area (Å²) in [6.45, 7) is 1.73. The molecule has 0 aliphatic rings. The van der Waals surface area contributed by atoms with E-state index in [0.717, 1.165) is 17.8 Å². The molecule has 2 heterocycles. The van der Waals surface area contributed by atoms with Gasteiger partial charge in [-0.3, -0.25) is 0 Å². The second-order valence-electron chi connectivity index (χ2n) is 3.55. The smallest absolute Gasteiger partial charge is 0.309 e. The lowest BCUT2D eigenvalue weighted by molar-refractivity contribution is -0.141. The van der Waals surface area contributed by atoms with Crippen LogP contribution in [0.2, 0.25) is 5.28 Å². The first kappa shape index (κ1) is 14.1. The number of rotatable bonds is 2. The molecule has 10 heteroatoms. The van der Waals surface area contributed by atoms with E-state index in [0.29, 0.717) is 11.0 Å². The van der Waals surface area contributed by atoms with E-state index < -0.39 is 17.2 Å². The summed E-state index contributed by atoms with van der Waals surface area (Å²) >= 11 is 6.42. The Labute approximate surface area is 115 Å². The Morgan fingerprint density at radius 1 is 1.26 bits per heavy atom. The third-order valence-electron chi connectivity index (χ3n) is 2.21. The first-order valence-electron chi connectivity index (χ1n) is 4.93. The number of aromatic nitrogens is 5. The summed E-state index contributed by atoms with van der Waals surface area (Å²) in [6, 6.07) is 0.820. The van der Waals surface area contributed by atoms with Crippen LogP contribution in [0.3, 0.4) is 0 Å². The van der Waals surface area contributed by atoms with Crippen LogP contribution >= 0.6 is 23.4 Å². The maximum atomic E-state index is 12.6. The molecule has 0 saturated heterocycles. The van der Waals surface area contributed by atoms with Crippen molar-refractivity contribution in [3.63, 3.8) is 0 Å². The molecule has 0 spiro atoms. The second kappa shape index (κ2) is 4.97. The molecule has 19 heavy (non-hydrogen) atoms. The van der Waals surface area contributed by atoms with Crippen LogP contribution in [0.4, 0.5) is 13.2 Å². The molecule has 0 aromatic carbocycles. The van der Waals surface area contributed by atoms with Crippen LogP contribution in [0.5, 0.6) is 0 Å². The summed E-state index contributed by atoms with van der Waals surface area (Å²) in [5, 5.41) is 7.64. The van der Waals surface area contributed by atoms with Gasteiger partial charge >= 0.3 is 6.18 Å². The first-order chi connectivity index (χ1) is 8.77. The van der Waals surface area contributed by atoms with Crippen LogP contribution in [0.1, 0.15) is 11.5 Å². The highest BCUT2D eigenvalue weighted by Crippen LogP contribution is 2.32. The Morgan fingerprint density at radius 2 is 1.95 bits per heavy atom. The van der Waals surface area contributed by atoms with Crippen molar-refractivity contribution in [3.05, 3.63) is 22.9 Å². The minimum Gasteiger partial charge on any atom is -0.309 e. The van der Waals surface area contributed by atoms with Crippen LogP contribution in [0.25, 0.3) is 0 Å². The predicted octanol–water partition coefficient (Wildman–Crippen LogP) is 2.74. The Balaban J connectivity index is 2.36. The molecule has 0 aliphatic carbocycles. The van der Waals surface area contributed by atoms with E-state index in [4.69, 9.17) is 11.6 Å². The van der Waals surface area contributed by atoms with Crippen LogP contribution in [-0.2, 0) is 13.2 Å². The van der Waals surface area contributed by atoms with Crippen LogP contribution in [0.15, 0.2) is 16.2 Å². The van der Waals surface area contributed by atoms with Gasteiger partial charge in [0.25, 0.3) is 0 Å². The number of halogens is 4. The standard InChI is InChI=1S/C9H7ClF3N5S/c1-4-16-17-8(18(4)2)19-6-3-5(9(11,12)13)14-7(10)15-6/h3H,1-2H3. The van der Waals surface area contributed by atoms with Gasteiger partial charge in [-0.25, -0.2) is 9.97 Å². The minimum absolute atomic E-state index is 0.0582. The number of nitrogens with zero attached hydrogens (tertiary/aromatic N) is 5. The largest absolute Gasteiger partial charge is 0.433 e. The fourth-order valence-corrected chi connectivity index (χ4v) is 2.24. The van der Waals surface area contributed by atoms with Gasteiger partial charge in [-0.2, -0.15) is 13.2 Å². The average Bonchev–Trinajstić information content (AvgIpc) is 2.59. The summed E-state index contributed by atoms with van der Waals surface area (Å²) in [6.07, 6.45) is -4.57. The van der Waals surface area contributed by atoms with E-state index in [1.54, 1.807) is 18.5 Å². The molecule has 102 valence electrons. The van der Waals surface area contributed by atoms with Gasteiger partial charge in [0.15, 0.2) is 10.9 Å². The molecule has 0 atom stereocenters. The fourth-order valence-electron chi connectivity index (χ4n) is 1.16. The molecule has 0 bridgehead atoms. The molecule has 0 aliphatic heterocycles. The molecule has 0 N–H and O–H groups in total. The first-order valence-corrected chi connectivity index (χ1v) is 6.12. The summed E-state index contributed by atoms with van der Waals surface area (Å²) < 4.78 is 39.4. The molecule has 0 radical (unpaired) electrons. The van der Waals surface area contributed by atoms with Crippen LogP contribution < -0.4 is 0 Å². The van der Waals surface area contributed by atoms with Crippen molar-refractivity contribution >= 4 is 23.4 Å². The Kier molecular flexibility index (Phi) is 3.68. The topological polar surface area (TPSA) is 56.5 Å². The zero-order chi connectivity index (χ0) is 14.2. The normalized spacial score (nSPS) is 11.9. The highest BCUT2D eigenvalue weighted by Gasteiger charge is 2.33. The van der Waals surface area contributed by atoms with Gasteiger partial charge in [0.05, 0.1) is 0 Å². The second-order valence-corrected chi connectivity index (χ2v) is 4.87. The number of alkyl halides is 3. The number of hydrogen-bond acceptors (Lipinski definition) is 5. The van der Waals surface area contributed by atoms with E-state index in [1.807, 2.05) is 0 Å². The fraction of sp³-hybridized carbons (Fsp3) is 0.333. The van der Waals surface area contributed by atoms with Crippen molar-refractivity contribution in [2.24, 2.45) is 7.05 Å². The van der Waals surface area contributed by atoms with E-state index >= 15 is 0 Å². The van der Waals surface area contributed by atoms with Crippen molar-refractivity contribution in [2.75, 3.05) is 0 Å². The molecular weight excluding hydrogens is 303 g/mol. The van der Waals surface area contributed by atoms with E-state index in [2.05, 4.69) is 20.2 Å². The number of aryl methyl sites for hydroxylation is 1. The Morgan fingerprint density at radius 3 is 2.47 bits per heavy atom. The van der Waals surface area contributed by atoms with E-state index in [-0.39, 0.29) is 5.03 Å². The minimum atomic E-state index is -4.57. The SMILES string of the molecule is Cc1nnc(Sc2cc(C(F)(F)F)nc(Cl)n2)n1C. The molecule has 2 aromatic rings. The average molecular weight is 310 g/mol. The maximum absolute atomic E-state index is 12.6. The van der Waals surface area contributed by atoms with Gasteiger partial charge in [0, 0.05) is 13.1 Å². The molecule has 0 saturated carbocycles. The van der Waals surface area contributed by atoms with Crippen LogP contribution in [-0.4, -0.2) is 24.7 Å². The summed E-state index contributed by atoms with van der Waals surface area (Å²) in [7, 11) is 1.70. The van der Waals surface area contributed by atoms with Gasteiger partial charge in [0.1, 0.15) is 10.9 Å². The van der Waals surface area contributed by atoms with Gasteiger partial charge in [-0.1, -0.05) is 0 Å². The molecule has 0 unspecified atom stereocenters. The zero-order valence-corrected chi connectivity index (χ0v) is 11.3. The molecule has 0 fully saturated rings. The lowest BCUT2D eigenvalue weighted by Crippen LogP contribution is -2.09.